The van der Waals surface area contributed by atoms with E-state index < -0.39 is 21.8 Å². The lowest BCUT2D eigenvalue weighted by atomic mass is 9.93. The maximum Gasteiger partial charge on any atom is 0.416 e. The molecule has 0 aliphatic rings. The fourth-order valence-corrected chi connectivity index (χ4v) is 3.68. The summed E-state index contributed by atoms with van der Waals surface area (Å²) >= 11 is 0. The average Bonchev–Trinajstić information content (AvgIpc) is 2.61. The van der Waals surface area contributed by atoms with Crippen LogP contribution < -0.4 is 4.72 Å². The topological polar surface area (TPSA) is 66.4 Å². The van der Waals surface area contributed by atoms with Crippen LogP contribution in [-0.4, -0.2) is 26.7 Å². The van der Waals surface area contributed by atoms with E-state index >= 15 is 0 Å². The third kappa shape index (κ3) is 5.55. The van der Waals surface area contributed by atoms with Crippen LogP contribution >= 0.6 is 0 Å². The molecule has 0 radical (unpaired) electrons. The molecule has 0 amide bonds. The quantitative estimate of drug-likeness (QED) is 0.728. The van der Waals surface area contributed by atoms with Crippen molar-refractivity contribution in [1.29, 1.82) is 0 Å². The van der Waals surface area contributed by atoms with E-state index in [1.165, 1.54) is 0 Å². The molecule has 0 fully saturated rings. The molecular weight excluding hydrogens is 367 g/mol. The minimum absolute atomic E-state index is 0.0171. The summed E-state index contributed by atoms with van der Waals surface area (Å²) in [6.45, 7) is 0.0914. The van der Waals surface area contributed by atoms with E-state index in [1.807, 2.05) is 30.3 Å². The van der Waals surface area contributed by atoms with Crippen LogP contribution in [0.3, 0.4) is 0 Å². The zero-order chi connectivity index (χ0) is 19.2. The second-order valence-electron chi connectivity index (χ2n) is 5.83. The Balaban J connectivity index is 2.00. The first-order chi connectivity index (χ1) is 12.2. The number of aliphatic hydroxyl groups excluding tert-OH is 1. The van der Waals surface area contributed by atoms with Crippen LogP contribution in [0.4, 0.5) is 13.2 Å². The summed E-state index contributed by atoms with van der Waals surface area (Å²) in [6.07, 6.45) is -3.56. The van der Waals surface area contributed by atoms with Crippen molar-refractivity contribution in [3.8, 4) is 0 Å². The van der Waals surface area contributed by atoms with E-state index in [4.69, 9.17) is 0 Å². The monoisotopic (exact) mass is 387 g/mol. The van der Waals surface area contributed by atoms with Gasteiger partial charge in [-0.3, -0.25) is 0 Å². The zero-order valence-corrected chi connectivity index (χ0v) is 14.7. The Hall–Kier alpha value is -1.90. The molecule has 0 unspecified atom stereocenters. The molecule has 0 bridgehead atoms. The van der Waals surface area contributed by atoms with Crippen molar-refractivity contribution < 1.29 is 26.7 Å². The number of aliphatic hydroxyl groups is 1. The number of nitrogens with one attached hydrogen (secondary N) is 1. The Morgan fingerprint density at radius 2 is 1.58 bits per heavy atom. The van der Waals surface area contributed by atoms with Crippen molar-refractivity contribution in [2.45, 2.75) is 29.8 Å². The van der Waals surface area contributed by atoms with E-state index in [0.29, 0.717) is 12.8 Å². The third-order valence-corrected chi connectivity index (χ3v) is 5.50. The van der Waals surface area contributed by atoms with Gasteiger partial charge >= 0.3 is 6.18 Å². The standard InChI is InChI=1S/C18H20F3NO3S/c19-18(20,21)16-6-8-17(9-7-16)26(24,25)22-12-10-15(11-13-23)14-4-2-1-3-5-14/h1-9,15,22-23H,10-13H2/t15-/m0/s1. The normalized spacial score (nSPS) is 13.5. The first-order valence-electron chi connectivity index (χ1n) is 8.07. The van der Waals surface area contributed by atoms with Gasteiger partial charge in [-0.25, -0.2) is 13.1 Å². The average molecular weight is 387 g/mol. The minimum Gasteiger partial charge on any atom is -0.396 e. The van der Waals surface area contributed by atoms with Gasteiger partial charge in [0.25, 0.3) is 0 Å². The van der Waals surface area contributed by atoms with Crippen molar-refractivity contribution in [2.24, 2.45) is 0 Å². The lowest BCUT2D eigenvalue weighted by molar-refractivity contribution is -0.137. The van der Waals surface area contributed by atoms with Gasteiger partial charge in [0, 0.05) is 13.2 Å². The highest BCUT2D eigenvalue weighted by atomic mass is 32.2. The van der Waals surface area contributed by atoms with Gasteiger partial charge in [0.2, 0.25) is 10.0 Å². The van der Waals surface area contributed by atoms with Gasteiger partial charge < -0.3 is 5.11 Å². The summed E-state index contributed by atoms with van der Waals surface area (Å²) in [6, 6.07) is 12.8. The smallest absolute Gasteiger partial charge is 0.396 e. The highest BCUT2D eigenvalue weighted by molar-refractivity contribution is 7.89. The van der Waals surface area contributed by atoms with Crippen LogP contribution in [0.15, 0.2) is 59.5 Å². The highest BCUT2D eigenvalue weighted by Gasteiger charge is 2.30. The van der Waals surface area contributed by atoms with Gasteiger partial charge in [0.15, 0.2) is 0 Å². The van der Waals surface area contributed by atoms with Gasteiger partial charge in [0.05, 0.1) is 10.5 Å². The highest BCUT2D eigenvalue weighted by Crippen LogP contribution is 2.29. The molecule has 0 aliphatic carbocycles. The SMILES string of the molecule is O=S(=O)(NCC[C@@H](CCO)c1ccccc1)c1ccc(C(F)(F)F)cc1. The van der Waals surface area contributed by atoms with Gasteiger partial charge in [-0.1, -0.05) is 30.3 Å². The van der Waals surface area contributed by atoms with E-state index in [1.54, 1.807) is 0 Å². The maximum atomic E-state index is 12.6. The second kappa shape index (κ2) is 8.66. The molecule has 0 heterocycles. The number of rotatable bonds is 8. The molecule has 26 heavy (non-hydrogen) atoms. The fraction of sp³-hybridized carbons (Fsp3) is 0.333. The molecule has 2 aromatic rings. The molecule has 2 rings (SSSR count). The predicted molar refractivity (Wildman–Crippen MR) is 92.1 cm³/mol. The number of sulfonamides is 1. The Kier molecular flexibility index (Phi) is 6.80. The van der Waals surface area contributed by atoms with Crippen molar-refractivity contribution in [1.82, 2.24) is 4.72 Å². The number of hydrogen-bond acceptors (Lipinski definition) is 3. The first-order valence-corrected chi connectivity index (χ1v) is 9.55. The van der Waals surface area contributed by atoms with Crippen LogP contribution in [0.1, 0.15) is 29.9 Å². The molecule has 0 saturated carbocycles. The van der Waals surface area contributed by atoms with Gasteiger partial charge in [-0.2, -0.15) is 13.2 Å². The number of hydrogen-bond donors (Lipinski definition) is 2. The minimum atomic E-state index is -4.51. The van der Waals surface area contributed by atoms with Crippen molar-refractivity contribution in [3.05, 3.63) is 65.7 Å². The predicted octanol–water partition coefficient (Wildman–Crippen LogP) is 3.54. The van der Waals surface area contributed by atoms with Crippen molar-refractivity contribution in [2.75, 3.05) is 13.2 Å². The number of benzene rings is 2. The maximum absolute atomic E-state index is 12.6. The van der Waals surface area contributed by atoms with Crippen LogP contribution in [0.2, 0.25) is 0 Å². The zero-order valence-electron chi connectivity index (χ0n) is 13.9. The lowest BCUT2D eigenvalue weighted by Crippen LogP contribution is -2.26. The first kappa shape index (κ1) is 20.4. The summed E-state index contributed by atoms with van der Waals surface area (Å²) in [5.74, 6) is -0.0171. The summed E-state index contributed by atoms with van der Waals surface area (Å²) in [4.78, 5) is -0.219. The van der Waals surface area contributed by atoms with Crippen LogP contribution in [0.5, 0.6) is 0 Å². The Morgan fingerprint density at radius 1 is 0.962 bits per heavy atom. The van der Waals surface area contributed by atoms with E-state index in [0.717, 1.165) is 29.8 Å². The van der Waals surface area contributed by atoms with Gasteiger partial charge in [-0.05, 0) is 48.6 Å². The molecule has 0 aliphatic heterocycles. The van der Waals surface area contributed by atoms with Crippen LogP contribution in [-0.2, 0) is 16.2 Å². The number of halogens is 3. The summed E-state index contributed by atoms with van der Waals surface area (Å²) < 4.78 is 64.5. The molecule has 0 spiro atoms. The molecular formula is C18H20F3NO3S. The second-order valence-corrected chi connectivity index (χ2v) is 7.60. The lowest BCUT2D eigenvalue weighted by Gasteiger charge is -2.17. The molecule has 2 aromatic carbocycles. The summed E-state index contributed by atoms with van der Waals surface area (Å²) in [5.41, 5.74) is 0.0961. The molecule has 2 N–H and O–H groups in total. The molecule has 4 nitrogen and oxygen atoms in total. The third-order valence-electron chi connectivity index (χ3n) is 4.03. The van der Waals surface area contributed by atoms with Crippen molar-refractivity contribution >= 4 is 10.0 Å². The number of alkyl halides is 3. The molecule has 0 saturated heterocycles. The molecule has 8 heteroatoms. The Bertz CT molecular complexity index is 791. The molecule has 1 atom stereocenters. The van der Waals surface area contributed by atoms with E-state index in [9.17, 15) is 26.7 Å². The van der Waals surface area contributed by atoms with Crippen molar-refractivity contribution in [3.63, 3.8) is 0 Å². The summed E-state index contributed by atoms with van der Waals surface area (Å²) in [7, 11) is -3.90. The van der Waals surface area contributed by atoms with Crippen LogP contribution in [0, 0.1) is 0 Å². The largest absolute Gasteiger partial charge is 0.416 e. The molecule has 142 valence electrons. The summed E-state index contributed by atoms with van der Waals surface area (Å²) in [5, 5.41) is 9.20. The van der Waals surface area contributed by atoms with Gasteiger partial charge in [-0.15, -0.1) is 0 Å². The van der Waals surface area contributed by atoms with Crippen LogP contribution in [0.25, 0.3) is 0 Å². The molecule has 0 aromatic heterocycles. The Labute approximate surface area is 150 Å². The Morgan fingerprint density at radius 3 is 2.12 bits per heavy atom. The van der Waals surface area contributed by atoms with E-state index in [-0.39, 0.29) is 24.0 Å². The van der Waals surface area contributed by atoms with E-state index in [2.05, 4.69) is 4.72 Å². The fourth-order valence-electron chi connectivity index (χ4n) is 2.63. The van der Waals surface area contributed by atoms with Gasteiger partial charge in [0.1, 0.15) is 0 Å².